The Morgan fingerprint density at radius 3 is 2.36 bits per heavy atom. The highest BCUT2D eigenvalue weighted by molar-refractivity contribution is 5.74. The number of β-amino-alcohol motifs (C(OH)–C–C–N with tert-alkyl or cyclic N) is 1. The number of hydrogen-bond acceptors (Lipinski definition) is 5. The number of aliphatic carboxylic acids is 1. The van der Waals surface area contributed by atoms with Crippen LogP contribution in [0.4, 0.5) is 4.79 Å². The maximum atomic E-state index is 12.3. The van der Waals surface area contributed by atoms with Gasteiger partial charge in [0, 0.05) is 44.8 Å². The number of piperazine rings is 1. The maximum Gasteiger partial charge on any atom is 0.317 e. The van der Waals surface area contributed by atoms with E-state index < -0.39 is 5.97 Å². The highest BCUT2D eigenvalue weighted by atomic mass is 16.4. The van der Waals surface area contributed by atoms with Crippen molar-refractivity contribution in [1.82, 2.24) is 20.0 Å². The van der Waals surface area contributed by atoms with E-state index in [0.717, 1.165) is 32.4 Å². The van der Waals surface area contributed by atoms with E-state index in [2.05, 4.69) is 10.2 Å². The Balaban J connectivity index is 1.66. The van der Waals surface area contributed by atoms with Gasteiger partial charge in [-0.1, -0.05) is 13.8 Å². The Bertz CT molecular complexity index is 448. The first kappa shape index (κ1) is 19.9. The minimum atomic E-state index is -0.805. The van der Waals surface area contributed by atoms with Crippen LogP contribution >= 0.6 is 0 Å². The molecular weight excluding hydrogens is 324 g/mol. The van der Waals surface area contributed by atoms with Crippen molar-refractivity contribution in [3.63, 3.8) is 0 Å². The second-order valence-corrected chi connectivity index (χ2v) is 7.08. The molecule has 0 aromatic heterocycles. The van der Waals surface area contributed by atoms with Crippen molar-refractivity contribution in [1.29, 1.82) is 0 Å². The summed E-state index contributed by atoms with van der Waals surface area (Å²) >= 11 is 0. The number of rotatable bonds is 8. The quantitative estimate of drug-likeness (QED) is 0.567. The fraction of sp³-hybridized carbons (Fsp3) is 0.882. The van der Waals surface area contributed by atoms with E-state index in [1.54, 1.807) is 0 Å². The van der Waals surface area contributed by atoms with Gasteiger partial charge in [-0.15, -0.1) is 0 Å². The van der Waals surface area contributed by atoms with Crippen molar-refractivity contribution >= 4 is 12.0 Å². The van der Waals surface area contributed by atoms with Crippen LogP contribution in [0.2, 0.25) is 0 Å². The van der Waals surface area contributed by atoms with Gasteiger partial charge in [-0.25, -0.2) is 4.79 Å². The van der Waals surface area contributed by atoms with Gasteiger partial charge in [0.25, 0.3) is 0 Å². The van der Waals surface area contributed by atoms with Crippen molar-refractivity contribution in [3.05, 3.63) is 0 Å². The van der Waals surface area contributed by atoms with Gasteiger partial charge >= 0.3 is 12.0 Å². The summed E-state index contributed by atoms with van der Waals surface area (Å²) < 4.78 is 0. The molecule has 0 aromatic rings. The molecular formula is C17H32N4O4. The molecule has 2 rings (SSSR count). The van der Waals surface area contributed by atoms with E-state index in [0.29, 0.717) is 26.2 Å². The largest absolute Gasteiger partial charge is 0.480 e. The Labute approximate surface area is 149 Å². The molecule has 2 amide bonds. The third-order valence-corrected chi connectivity index (χ3v) is 5.30. The molecule has 1 aliphatic carbocycles. The molecule has 1 atom stereocenters. The van der Waals surface area contributed by atoms with E-state index in [-0.39, 0.29) is 30.8 Å². The lowest BCUT2D eigenvalue weighted by Crippen LogP contribution is -2.59. The minimum absolute atomic E-state index is 0.0274. The normalized spacial score (nSPS) is 25.5. The van der Waals surface area contributed by atoms with Gasteiger partial charge < -0.3 is 20.4 Å². The highest BCUT2D eigenvalue weighted by Crippen LogP contribution is 2.25. The third-order valence-electron chi connectivity index (χ3n) is 5.30. The monoisotopic (exact) mass is 356 g/mol. The molecule has 0 bridgehead atoms. The minimum Gasteiger partial charge on any atom is -0.480 e. The fourth-order valence-corrected chi connectivity index (χ4v) is 3.50. The molecule has 8 heteroatoms. The van der Waals surface area contributed by atoms with Crippen LogP contribution in [-0.2, 0) is 4.79 Å². The first-order valence-electron chi connectivity index (χ1n) is 9.34. The number of aliphatic hydroxyl groups excluding tert-OH is 1. The number of carboxylic acids is 1. The first-order valence-corrected chi connectivity index (χ1v) is 9.34. The summed E-state index contributed by atoms with van der Waals surface area (Å²) in [6, 6.07) is 0.361. The van der Waals surface area contributed by atoms with Crippen molar-refractivity contribution < 1.29 is 19.8 Å². The van der Waals surface area contributed by atoms with Gasteiger partial charge in [0.2, 0.25) is 0 Å². The summed E-state index contributed by atoms with van der Waals surface area (Å²) in [5.41, 5.74) is 0. The predicted molar refractivity (Wildman–Crippen MR) is 94.5 cm³/mol. The average Bonchev–Trinajstić information content (AvgIpc) is 2.56. The third kappa shape index (κ3) is 5.83. The second kappa shape index (κ2) is 9.35. The molecule has 3 N–H and O–H groups in total. The number of likely N-dealkylation sites (N-methyl/N-ethyl adjacent to an activating group) is 1. The van der Waals surface area contributed by atoms with Crippen molar-refractivity contribution in [2.75, 3.05) is 45.8 Å². The van der Waals surface area contributed by atoms with E-state index in [4.69, 9.17) is 5.11 Å². The van der Waals surface area contributed by atoms with Crippen LogP contribution in [0.25, 0.3) is 0 Å². The molecule has 1 saturated carbocycles. The number of hydrogen-bond donors (Lipinski definition) is 3. The molecule has 2 aliphatic rings. The number of urea groups is 1. The van der Waals surface area contributed by atoms with Crippen LogP contribution in [0.1, 0.15) is 33.1 Å². The summed E-state index contributed by atoms with van der Waals surface area (Å²) in [6.07, 6.45) is 2.09. The molecule has 1 heterocycles. The number of carboxylic acid groups (broad SMARTS) is 1. The molecule has 1 unspecified atom stereocenters. The van der Waals surface area contributed by atoms with Crippen LogP contribution in [0.3, 0.4) is 0 Å². The molecule has 1 saturated heterocycles. The lowest BCUT2D eigenvalue weighted by molar-refractivity contribution is -0.139. The molecule has 0 spiro atoms. The Kier molecular flexibility index (Phi) is 7.46. The zero-order chi connectivity index (χ0) is 18.4. The van der Waals surface area contributed by atoms with Gasteiger partial charge in [-0.2, -0.15) is 0 Å². The summed E-state index contributed by atoms with van der Waals surface area (Å²) in [7, 11) is 0. The molecule has 0 aromatic carbocycles. The van der Waals surface area contributed by atoms with E-state index in [1.807, 2.05) is 23.6 Å². The number of carbonyl (C=O) groups excluding carboxylic acids is 1. The molecule has 1 aliphatic heterocycles. The molecule has 25 heavy (non-hydrogen) atoms. The molecule has 8 nitrogen and oxygen atoms in total. The topological polar surface area (TPSA) is 96.4 Å². The van der Waals surface area contributed by atoms with Crippen molar-refractivity contribution in [2.24, 2.45) is 0 Å². The summed E-state index contributed by atoms with van der Waals surface area (Å²) in [4.78, 5) is 29.2. The number of carbonyl (C=O) groups is 2. The van der Waals surface area contributed by atoms with E-state index in [9.17, 15) is 14.7 Å². The highest BCUT2D eigenvalue weighted by Gasteiger charge is 2.35. The van der Waals surface area contributed by atoms with Gasteiger partial charge in [0.05, 0.1) is 12.6 Å². The Hall–Kier alpha value is -1.38. The Morgan fingerprint density at radius 1 is 1.20 bits per heavy atom. The lowest BCUT2D eigenvalue weighted by Gasteiger charge is -2.43. The number of nitrogens with one attached hydrogen (secondary N) is 1. The lowest BCUT2D eigenvalue weighted by atomic mass is 9.85. The van der Waals surface area contributed by atoms with Crippen LogP contribution in [-0.4, -0.2) is 101 Å². The number of nitrogens with zero attached hydrogens (tertiary/aromatic N) is 3. The molecule has 144 valence electrons. The van der Waals surface area contributed by atoms with Crippen LogP contribution < -0.4 is 5.32 Å². The average molecular weight is 356 g/mol. The number of aliphatic hydroxyl groups is 1. The van der Waals surface area contributed by atoms with Gasteiger partial charge in [0.1, 0.15) is 0 Å². The van der Waals surface area contributed by atoms with Crippen LogP contribution in [0.5, 0.6) is 0 Å². The van der Waals surface area contributed by atoms with Crippen LogP contribution in [0.15, 0.2) is 0 Å². The zero-order valence-electron chi connectivity index (χ0n) is 15.4. The molecule has 2 fully saturated rings. The van der Waals surface area contributed by atoms with E-state index in [1.165, 1.54) is 0 Å². The van der Waals surface area contributed by atoms with Gasteiger partial charge in [0.15, 0.2) is 0 Å². The number of amides is 2. The summed E-state index contributed by atoms with van der Waals surface area (Å²) in [5.74, 6) is -0.805. The zero-order valence-corrected chi connectivity index (χ0v) is 15.4. The van der Waals surface area contributed by atoms with E-state index >= 15 is 0 Å². The second-order valence-electron chi connectivity index (χ2n) is 7.08. The maximum absolute atomic E-state index is 12.3. The standard InChI is InChI=1S/C17H32N4O4/c1-3-15(22)11-19-5-7-21(8-6-19)17(25)18-13-9-14(10-13)20(4-2)12-16(23)24/h13-15,22H,3-12H2,1-2H3,(H,18,25)(H,23,24). The predicted octanol–water partition coefficient (Wildman–Crippen LogP) is 0.0220. The summed E-state index contributed by atoms with van der Waals surface area (Å²) in [6.45, 7) is 8.32. The Morgan fingerprint density at radius 2 is 1.84 bits per heavy atom. The van der Waals surface area contributed by atoms with Crippen molar-refractivity contribution in [3.8, 4) is 0 Å². The van der Waals surface area contributed by atoms with Crippen molar-refractivity contribution in [2.45, 2.75) is 51.3 Å². The summed E-state index contributed by atoms with van der Waals surface area (Å²) in [5, 5.41) is 21.7. The molecule has 0 radical (unpaired) electrons. The van der Waals surface area contributed by atoms with Gasteiger partial charge in [-0.3, -0.25) is 14.6 Å². The SMILES string of the molecule is CCC(O)CN1CCN(C(=O)NC2CC(N(CC)CC(=O)O)C2)CC1. The van der Waals surface area contributed by atoms with Gasteiger partial charge in [-0.05, 0) is 25.8 Å². The fourth-order valence-electron chi connectivity index (χ4n) is 3.50. The smallest absolute Gasteiger partial charge is 0.317 e. The first-order chi connectivity index (χ1) is 11.9. The van der Waals surface area contributed by atoms with Crippen LogP contribution in [0, 0.1) is 0 Å².